The Labute approximate surface area is 296 Å². The van der Waals surface area contributed by atoms with Gasteiger partial charge in [0.2, 0.25) is 6.41 Å². The van der Waals surface area contributed by atoms with Gasteiger partial charge in [-0.25, -0.2) is 9.79 Å². The predicted octanol–water partition coefficient (Wildman–Crippen LogP) is 8.46. The van der Waals surface area contributed by atoms with Crippen molar-refractivity contribution in [2.45, 2.75) is 51.6 Å². The SMILES string of the molecule is C=COC(=C)CN(C)C(=Nc1ccc(C(F)(F)F)cc1)SC(C=O)C(/C=C\CC)=C/C=C(\C)NC=O.CCCNC(=O)OCc1ccccc1. The van der Waals surface area contributed by atoms with Crippen molar-refractivity contribution in [2.75, 3.05) is 20.1 Å². The van der Waals surface area contributed by atoms with Crippen LogP contribution in [0.25, 0.3) is 0 Å². The fraction of sp³-hybridized carbons (Fsp3) is 0.297. The number of halogens is 3. The number of alkyl carbamates (subject to hydrolysis) is 1. The number of amides is 2. The van der Waals surface area contributed by atoms with Crippen LogP contribution in [-0.4, -0.2) is 54.2 Å². The lowest BCUT2D eigenvalue weighted by molar-refractivity contribution is -0.137. The summed E-state index contributed by atoms with van der Waals surface area (Å²) in [5, 5.41) is 4.81. The largest absolute Gasteiger partial charge is 0.469 e. The van der Waals surface area contributed by atoms with E-state index in [1.165, 1.54) is 18.4 Å². The lowest BCUT2D eigenvalue weighted by Crippen LogP contribution is -2.29. The molecule has 2 aromatic rings. The first-order chi connectivity index (χ1) is 23.9. The first-order valence-electron chi connectivity index (χ1n) is 15.6. The normalized spacial score (nSPS) is 12.6. The molecule has 270 valence electrons. The zero-order valence-electron chi connectivity index (χ0n) is 28.7. The van der Waals surface area contributed by atoms with Gasteiger partial charge in [0, 0.05) is 19.3 Å². The zero-order valence-corrected chi connectivity index (χ0v) is 29.6. The van der Waals surface area contributed by atoms with E-state index < -0.39 is 17.0 Å². The molecule has 0 radical (unpaired) electrons. The van der Waals surface area contributed by atoms with E-state index in [0.717, 1.165) is 48.6 Å². The van der Waals surface area contributed by atoms with Gasteiger partial charge in [0.1, 0.15) is 18.7 Å². The van der Waals surface area contributed by atoms with Crippen molar-refractivity contribution in [3.63, 3.8) is 0 Å². The van der Waals surface area contributed by atoms with Crippen molar-refractivity contribution in [1.29, 1.82) is 0 Å². The number of carbonyl (C=O) groups excluding carboxylic acids is 3. The number of nitrogens with one attached hydrogen (secondary N) is 2. The summed E-state index contributed by atoms with van der Waals surface area (Å²) in [6, 6.07) is 14.0. The maximum atomic E-state index is 13.0. The molecule has 0 aromatic heterocycles. The van der Waals surface area contributed by atoms with Gasteiger partial charge < -0.3 is 29.8 Å². The fourth-order valence-corrected chi connectivity index (χ4v) is 4.65. The van der Waals surface area contributed by atoms with Crippen LogP contribution >= 0.6 is 11.8 Å². The number of thioether (sulfide) groups is 1. The molecule has 0 spiro atoms. The molecule has 0 saturated heterocycles. The molecule has 0 bridgehead atoms. The van der Waals surface area contributed by atoms with Gasteiger partial charge in [-0.1, -0.05) is 87.3 Å². The van der Waals surface area contributed by atoms with E-state index in [1.807, 2.05) is 50.3 Å². The van der Waals surface area contributed by atoms with Crippen LogP contribution in [0.4, 0.5) is 23.7 Å². The number of likely N-dealkylation sites (N-methyl/N-ethyl adjacent to an activating group) is 1. The van der Waals surface area contributed by atoms with Crippen LogP contribution in [0.1, 0.15) is 44.7 Å². The quantitative estimate of drug-likeness (QED) is 0.0557. The maximum absolute atomic E-state index is 13.0. The second-order valence-electron chi connectivity index (χ2n) is 10.4. The minimum Gasteiger partial charge on any atom is -0.469 e. The number of alkyl halides is 3. The summed E-state index contributed by atoms with van der Waals surface area (Å²) < 4.78 is 49.0. The second kappa shape index (κ2) is 24.2. The Bertz CT molecular complexity index is 1490. The molecule has 2 N–H and O–H groups in total. The summed E-state index contributed by atoms with van der Waals surface area (Å²) in [6.45, 7) is 14.1. The molecule has 0 aliphatic carbocycles. The molecule has 50 heavy (non-hydrogen) atoms. The average molecular weight is 715 g/mol. The molecule has 0 saturated carbocycles. The Morgan fingerprint density at radius 1 is 1.08 bits per heavy atom. The van der Waals surface area contributed by atoms with Crippen LogP contribution in [0.5, 0.6) is 0 Å². The van der Waals surface area contributed by atoms with E-state index in [-0.39, 0.29) is 18.3 Å². The zero-order chi connectivity index (χ0) is 37.4. The van der Waals surface area contributed by atoms with E-state index in [2.05, 4.69) is 28.8 Å². The number of aldehydes is 1. The Balaban J connectivity index is 0.000000740. The third-order valence-electron chi connectivity index (χ3n) is 6.18. The molecule has 2 amide bonds. The van der Waals surface area contributed by atoms with Crippen LogP contribution in [0.3, 0.4) is 0 Å². The summed E-state index contributed by atoms with van der Waals surface area (Å²) in [5.41, 5.74) is 1.70. The number of carbonyl (C=O) groups is 3. The lowest BCUT2D eigenvalue weighted by Gasteiger charge is -2.23. The number of hydrogen-bond acceptors (Lipinski definition) is 7. The number of nitrogens with zero attached hydrogens (tertiary/aromatic N) is 2. The molecule has 0 fully saturated rings. The van der Waals surface area contributed by atoms with Crippen molar-refractivity contribution in [1.82, 2.24) is 15.5 Å². The highest BCUT2D eigenvalue weighted by molar-refractivity contribution is 8.15. The van der Waals surface area contributed by atoms with E-state index in [0.29, 0.717) is 41.8 Å². The van der Waals surface area contributed by atoms with Crippen LogP contribution < -0.4 is 10.6 Å². The Hall–Kier alpha value is -5.04. The highest BCUT2D eigenvalue weighted by Crippen LogP contribution is 2.31. The summed E-state index contributed by atoms with van der Waals surface area (Å²) >= 11 is 1.11. The highest BCUT2D eigenvalue weighted by atomic mass is 32.2. The van der Waals surface area contributed by atoms with E-state index in [4.69, 9.17) is 9.47 Å². The number of rotatable bonds is 17. The van der Waals surface area contributed by atoms with Crippen molar-refractivity contribution in [3.05, 3.63) is 126 Å². The predicted molar refractivity (Wildman–Crippen MR) is 194 cm³/mol. The molecule has 13 heteroatoms. The number of allylic oxidation sites excluding steroid dienone is 5. The molecule has 1 atom stereocenters. The molecule has 0 aliphatic rings. The summed E-state index contributed by atoms with van der Waals surface area (Å²) in [7, 11) is 1.69. The minimum atomic E-state index is -4.46. The monoisotopic (exact) mass is 714 g/mol. The molecular formula is C37H45F3N4O5S. The third-order valence-corrected chi connectivity index (χ3v) is 7.44. The van der Waals surface area contributed by atoms with Crippen LogP contribution in [0.15, 0.2) is 120 Å². The molecule has 0 aliphatic heterocycles. The van der Waals surface area contributed by atoms with E-state index >= 15 is 0 Å². The number of aliphatic imine (C=N–C) groups is 1. The highest BCUT2D eigenvalue weighted by Gasteiger charge is 2.30. The van der Waals surface area contributed by atoms with Gasteiger partial charge in [0.25, 0.3) is 0 Å². The van der Waals surface area contributed by atoms with Gasteiger partial charge in [-0.3, -0.25) is 4.79 Å². The van der Waals surface area contributed by atoms with Crippen LogP contribution in [0, 0.1) is 0 Å². The smallest absolute Gasteiger partial charge is 0.416 e. The second-order valence-corrected chi connectivity index (χ2v) is 11.5. The van der Waals surface area contributed by atoms with Crippen LogP contribution in [-0.2, 0) is 31.8 Å². The molecular weight excluding hydrogens is 669 g/mol. The molecule has 2 aromatic carbocycles. The number of benzene rings is 2. The average Bonchev–Trinajstić information content (AvgIpc) is 3.09. The minimum absolute atomic E-state index is 0.191. The third kappa shape index (κ3) is 17.9. The molecule has 1 unspecified atom stereocenters. The standard InChI is InChI=1S/C26H30F3N3O3S.C11H15NO2/c1-6-8-9-21(11-10-19(3)30-18-34)24(17-33)36-25(32(5)16-20(4)35-7-2)31-23-14-12-22(13-15-23)26(27,28)29;1-2-8-12-11(13)14-9-10-6-4-3-5-7-10/h7-15,17-18,24H,2,4,6,16H2,1,3,5H3,(H,30,34);3-7H,2,8-9H2,1H3,(H,12,13)/b9-8-,19-10+,21-11+,31-25?;. The number of amidine groups is 1. The van der Waals surface area contributed by atoms with E-state index in [9.17, 15) is 27.6 Å². The van der Waals surface area contributed by atoms with Crippen molar-refractivity contribution in [2.24, 2.45) is 4.99 Å². The Morgan fingerprint density at radius 3 is 2.32 bits per heavy atom. The van der Waals surface area contributed by atoms with E-state index in [1.54, 1.807) is 37.1 Å². The van der Waals surface area contributed by atoms with Gasteiger partial charge in [-0.05, 0) is 61.2 Å². The van der Waals surface area contributed by atoms with Gasteiger partial charge in [-0.15, -0.1) is 0 Å². The summed E-state index contributed by atoms with van der Waals surface area (Å²) in [5.74, 6) is 0.357. The van der Waals surface area contributed by atoms with Crippen molar-refractivity contribution < 1.29 is 37.0 Å². The number of ether oxygens (including phenoxy) is 2. The first kappa shape index (κ1) is 43.0. The Kier molecular flexibility index (Phi) is 20.8. The Morgan fingerprint density at radius 2 is 1.76 bits per heavy atom. The lowest BCUT2D eigenvalue weighted by atomic mass is 10.1. The molecule has 2 rings (SSSR count). The summed E-state index contributed by atoms with van der Waals surface area (Å²) in [4.78, 5) is 40.0. The first-order valence-corrected chi connectivity index (χ1v) is 16.5. The number of hydrogen-bond donors (Lipinski definition) is 2. The molecule has 0 heterocycles. The maximum Gasteiger partial charge on any atom is 0.416 e. The fourth-order valence-electron chi connectivity index (χ4n) is 3.67. The van der Waals surface area contributed by atoms with Crippen molar-refractivity contribution >= 4 is 41.4 Å². The van der Waals surface area contributed by atoms with Crippen molar-refractivity contribution in [3.8, 4) is 0 Å². The van der Waals surface area contributed by atoms with Gasteiger partial charge >= 0.3 is 12.3 Å². The van der Waals surface area contributed by atoms with Gasteiger partial charge in [-0.2, -0.15) is 13.2 Å². The van der Waals surface area contributed by atoms with Crippen LogP contribution in [0.2, 0.25) is 0 Å². The molecule has 9 nitrogen and oxygen atoms in total. The van der Waals surface area contributed by atoms with Gasteiger partial charge in [0.15, 0.2) is 5.17 Å². The van der Waals surface area contributed by atoms with Gasteiger partial charge in [0.05, 0.1) is 29.3 Å². The topological polar surface area (TPSA) is 109 Å². The summed E-state index contributed by atoms with van der Waals surface area (Å²) in [6.07, 6.45) is 6.41.